The van der Waals surface area contributed by atoms with Gasteiger partial charge >= 0.3 is 0 Å². The summed E-state index contributed by atoms with van der Waals surface area (Å²) in [5.41, 5.74) is 1.21. The second kappa shape index (κ2) is 25.4. The van der Waals surface area contributed by atoms with Crippen molar-refractivity contribution < 1.29 is 4.79 Å². The Kier molecular flexibility index (Phi) is 32.4. The summed E-state index contributed by atoms with van der Waals surface area (Å²) < 4.78 is 0. The van der Waals surface area contributed by atoms with Crippen LogP contribution in [0.5, 0.6) is 0 Å². The molecule has 0 fully saturated rings. The Labute approximate surface area is 164 Å². The van der Waals surface area contributed by atoms with E-state index in [-0.39, 0.29) is 5.78 Å². The molecular weight excluding hydrogens is 328 g/mol. The van der Waals surface area contributed by atoms with Gasteiger partial charge in [-0.3, -0.25) is 0 Å². The van der Waals surface area contributed by atoms with Gasteiger partial charge in [-0.2, -0.15) is 0 Å². The van der Waals surface area contributed by atoms with Gasteiger partial charge in [-0.05, 0) is 50.3 Å². The highest BCUT2D eigenvalue weighted by atomic mass is 35.5. The van der Waals surface area contributed by atoms with Crippen LogP contribution in [-0.4, -0.2) is 5.78 Å². The van der Waals surface area contributed by atoms with Gasteiger partial charge in [-0.1, -0.05) is 98.4 Å². The van der Waals surface area contributed by atoms with E-state index in [2.05, 4.69) is 55.4 Å². The summed E-state index contributed by atoms with van der Waals surface area (Å²) in [6, 6.07) is 7.76. The zero-order valence-electron chi connectivity index (χ0n) is 18.9. The van der Waals surface area contributed by atoms with Crippen LogP contribution in [-0.2, 0) is 4.79 Å². The predicted molar refractivity (Wildman–Crippen MR) is 119 cm³/mol. The number of Topliss-reactive ketones (excluding diaryl/α,β-unsaturated/α-hetero) is 1. The van der Waals surface area contributed by atoms with Crippen molar-refractivity contribution in [2.45, 2.75) is 95.4 Å². The van der Waals surface area contributed by atoms with E-state index in [9.17, 15) is 4.79 Å². The third kappa shape index (κ3) is 70.1. The molecule has 25 heavy (non-hydrogen) atoms. The third-order valence-electron chi connectivity index (χ3n) is 1.85. The fourth-order valence-corrected chi connectivity index (χ4v) is 1.43. The lowest BCUT2D eigenvalue weighted by atomic mass is 10.1. The first-order valence-corrected chi connectivity index (χ1v) is 10.0. The van der Waals surface area contributed by atoms with Crippen molar-refractivity contribution in [3.8, 4) is 0 Å². The first-order valence-electron chi connectivity index (χ1n) is 9.63. The van der Waals surface area contributed by atoms with Crippen molar-refractivity contribution in [3.05, 3.63) is 34.9 Å². The van der Waals surface area contributed by atoms with Gasteiger partial charge < -0.3 is 4.79 Å². The van der Waals surface area contributed by atoms with Crippen molar-refractivity contribution in [1.82, 2.24) is 0 Å². The lowest BCUT2D eigenvalue weighted by molar-refractivity contribution is -0.114. The molecule has 1 nitrogen and oxygen atoms in total. The van der Waals surface area contributed by atoms with Crippen LogP contribution in [0.3, 0.4) is 0 Å². The Hall–Kier alpha value is -0.820. The monoisotopic (exact) mass is 372 g/mol. The summed E-state index contributed by atoms with van der Waals surface area (Å²) >= 11 is 5.64. The summed E-state index contributed by atoms with van der Waals surface area (Å²) in [7, 11) is 0. The minimum Gasteiger partial charge on any atom is -0.300 e. The maximum absolute atomic E-state index is 9.44. The Bertz CT molecular complexity index is 346. The molecule has 150 valence electrons. The van der Waals surface area contributed by atoms with Gasteiger partial charge in [0, 0.05) is 5.02 Å². The Balaban J connectivity index is -0.000000117. The molecule has 0 radical (unpaired) electrons. The second-order valence-electron chi connectivity index (χ2n) is 7.33. The fraction of sp³-hybridized carbons (Fsp3) is 0.696. The van der Waals surface area contributed by atoms with Crippen molar-refractivity contribution in [2.24, 2.45) is 11.8 Å². The predicted octanol–water partition coefficient (Wildman–Crippen LogP) is 8.76. The Morgan fingerprint density at radius 1 is 1.00 bits per heavy atom. The lowest BCUT2D eigenvalue weighted by Gasteiger charge is -1.95. The van der Waals surface area contributed by atoms with Gasteiger partial charge in [-0.15, -0.1) is 0 Å². The zero-order chi connectivity index (χ0) is 20.8. The minimum absolute atomic E-state index is 0.167. The van der Waals surface area contributed by atoms with E-state index in [1.54, 1.807) is 0 Å². The van der Waals surface area contributed by atoms with Crippen LogP contribution in [0, 0.1) is 18.8 Å². The van der Waals surface area contributed by atoms with Crippen LogP contribution >= 0.6 is 11.6 Å². The highest BCUT2D eigenvalue weighted by molar-refractivity contribution is 6.30. The SMILES string of the molecule is CC(C)=O.CC(C)C.CCC.CCCC(C)C.Cc1cccc(Cl)c1. The Morgan fingerprint density at radius 3 is 1.48 bits per heavy atom. The molecule has 0 atom stereocenters. The van der Waals surface area contributed by atoms with Gasteiger partial charge in [0.1, 0.15) is 5.78 Å². The first kappa shape index (κ1) is 31.9. The standard InChI is InChI=1S/C7H7Cl.C6H14.C4H10.C3H6O.C3H8/c1-6-3-2-4-7(8)5-6;1-4-5-6(2)3;1-4(2)3;1-3(2)4;1-3-2/h2-5H,1H3;6H,4-5H2,1-3H3;4H,1-3H3;1-2H3;3H2,1-2H3. The Morgan fingerprint density at radius 2 is 1.36 bits per heavy atom. The molecule has 0 saturated heterocycles. The topological polar surface area (TPSA) is 17.1 Å². The quantitative estimate of drug-likeness (QED) is 0.506. The zero-order valence-corrected chi connectivity index (χ0v) is 19.6. The summed E-state index contributed by atoms with van der Waals surface area (Å²) in [5.74, 6) is 1.90. The summed E-state index contributed by atoms with van der Waals surface area (Å²) in [6.07, 6.45) is 3.96. The highest BCUT2D eigenvalue weighted by Gasteiger charge is 1.85. The van der Waals surface area contributed by atoms with Gasteiger partial charge in [0.15, 0.2) is 0 Å². The molecule has 0 bridgehead atoms. The van der Waals surface area contributed by atoms with Crippen LogP contribution in [0.2, 0.25) is 5.02 Å². The van der Waals surface area contributed by atoms with Crippen molar-refractivity contribution in [3.63, 3.8) is 0 Å². The molecule has 0 spiro atoms. The normalized spacial score (nSPS) is 8.56. The van der Waals surface area contributed by atoms with Crippen molar-refractivity contribution in [2.75, 3.05) is 0 Å². The van der Waals surface area contributed by atoms with E-state index in [1.807, 2.05) is 31.2 Å². The molecule has 0 aliphatic rings. The van der Waals surface area contributed by atoms with E-state index < -0.39 is 0 Å². The number of benzene rings is 1. The van der Waals surface area contributed by atoms with Gasteiger partial charge in [0.2, 0.25) is 0 Å². The molecule has 0 unspecified atom stereocenters. The van der Waals surface area contributed by atoms with Crippen LogP contribution < -0.4 is 0 Å². The second-order valence-corrected chi connectivity index (χ2v) is 7.77. The summed E-state index contributed by atoms with van der Waals surface area (Å²) in [4.78, 5) is 9.44. The minimum atomic E-state index is 0.167. The molecule has 0 aliphatic heterocycles. The molecule has 1 rings (SSSR count). The first-order chi connectivity index (χ1) is 11.4. The lowest BCUT2D eigenvalue weighted by Crippen LogP contribution is -1.81. The van der Waals surface area contributed by atoms with Gasteiger partial charge in [-0.25, -0.2) is 0 Å². The summed E-state index contributed by atoms with van der Waals surface area (Å²) in [6.45, 7) is 22.6. The van der Waals surface area contributed by atoms with E-state index >= 15 is 0 Å². The van der Waals surface area contributed by atoms with Gasteiger partial charge in [0.05, 0.1) is 0 Å². The average Bonchev–Trinajstić information content (AvgIpc) is 2.38. The van der Waals surface area contributed by atoms with E-state index in [1.165, 1.54) is 38.7 Å². The average molecular weight is 373 g/mol. The molecule has 1 aromatic carbocycles. The smallest absolute Gasteiger partial charge is 0.126 e. The summed E-state index contributed by atoms with van der Waals surface area (Å²) in [5, 5.41) is 0.810. The maximum Gasteiger partial charge on any atom is 0.126 e. The van der Waals surface area contributed by atoms with E-state index in [0.29, 0.717) is 0 Å². The van der Waals surface area contributed by atoms with Crippen LogP contribution in [0.4, 0.5) is 0 Å². The number of carbonyl (C=O) groups excluding carboxylic acids is 1. The number of ketones is 1. The third-order valence-corrected chi connectivity index (χ3v) is 2.08. The maximum atomic E-state index is 9.44. The van der Waals surface area contributed by atoms with Crippen molar-refractivity contribution >= 4 is 17.4 Å². The molecule has 2 heteroatoms. The highest BCUT2D eigenvalue weighted by Crippen LogP contribution is 2.08. The van der Waals surface area contributed by atoms with Crippen LogP contribution in [0.25, 0.3) is 0 Å². The number of hydrogen-bond donors (Lipinski definition) is 0. The number of halogens is 1. The number of carbonyl (C=O) groups is 1. The van der Waals surface area contributed by atoms with E-state index in [0.717, 1.165) is 16.9 Å². The molecule has 1 aromatic rings. The molecular formula is C23H45ClO. The van der Waals surface area contributed by atoms with E-state index in [4.69, 9.17) is 11.6 Å². The molecule has 0 amide bonds. The molecule has 0 heterocycles. The van der Waals surface area contributed by atoms with Crippen LogP contribution in [0.15, 0.2) is 24.3 Å². The largest absolute Gasteiger partial charge is 0.300 e. The number of aryl methyl sites for hydroxylation is 1. The molecule has 0 N–H and O–H groups in total. The van der Waals surface area contributed by atoms with Crippen molar-refractivity contribution in [1.29, 1.82) is 0 Å². The number of hydrogen-bond acceptors (Lipinski definition) is 1. The molecule has 0 aliphatic carbocycles. The molecule has 0 aromatic heterocycles. The molecule has 0 saturated carbocycles. The number of rotatable bonds is 2. The van der Waals surface area contributed by atoms with Crippen LogP contribution in [0.1, 0.15) is 94.1 Å². The van der Waals surface area contributed by atoms with Gasteiger partial charge in [0.25, 0.3) is 0 Å². The fourth-order valence-electron chi connectivity index (χ4n) is 1.18.